The maximum Gasteiger partial charge on any atom is 0.338 e. The van der Waals surface area contributed by atoms with E-state index in [4.69, 9.17) is 37.9 Å². The SMILES string of the molecule is CC(=O)OCc1ccc(Cc2ccc(OC3CC3)cc2)c(O[C@@H]2O[C@H]([C@@H](C)OC(=O)c3ccccc3)[C@@H](OC(=O)c3ccccc3)[C@H](OC(=O)c3ccccc3)[C@H]2OC(=O)c2ccccc2)c1. The van der Waals surface area contributed by atoms with Gasteiger partial charge in [-0.2, -0.15) is 0 Å². The minimum atomic E-state index is -1.65. The third-order valence-electron chi connectivity index (χ3n) is 11.0. The highest BCUT2D eigenvalue weighted by Crippen LogP contribution is 2.36. The van der Waals surface area contributed by atoms with E-state index >= 15 is 0 Å². The summed E-state index contributed by atoms with van der Waals surface area (Å²) < 4.78 is 49.7. The fraction of sp³-hybridized carbons (Fsp3) is 0.241. The average molecular weight is 905 g/mol. The summed E-state index contributed by atoms with van der Waals surface area (Å²) in [6.07, 6.45) is -6.55. The van der Waals surface area contributed by atoms with E-state index in [0.717, 1.165) is 24.2 Å². The van der Waals surface area contributed by atoms with Crippen LogP contribution < -0.4 is 9.47 Å². The third-order valence-corrected chi connectivity index (χ3v) is 11.0. The Labute approximate surface area is 387 Å². The zero-order chi connectivity index (χ0) is 46.7. The molecule has 1 aliphatic carbocycles. The molecule has 1 saturated carbocycles. The molecular weight excluding hydrogens is 857 g/mol. The van der Waals surface area contributed by atoms with Gasteiger partial charge in [-0.1, -0.05) is 97.1 Å². The average Bonchev–Trinajstić information content (AvgIpc) is 4.18. The van der Waals surface area contributed by atoms with Gasteiger partial charge < -0.3 is 37.9 Å². The van der Waals surface area contributed by atoms with Crippen molar-refractivity contribution in [3.63, 3.8) is 0 Å². The number of rotatable bonds is 17. The first kappa shape index (κ1) is 45.8. The van der Waals surface area contributed by atoms with Gasteiger partial charge in [-0.3, -0.25) is 4.79 Å². The first-order chi connectivity index (χ1) is 32.6. The van der Waals surface area contributed by atoms with Crippen LogP contribution in [0.2, 0.25) is 0 Å². The van der Waals surface area contributed by atoms with E-state index < -0.39 is 66.7 Å². The van der Waals surface area contributed by atoms with E-state index in [0.29, 0.717) is 17.5 Å². The van der Waals surface area contributed by atoms with Gasteiger partial charge in [-0.05, 0) is 103 Å². The highest BCUT2D eigenvalue weighted by Gasteiger charge is 2.56. The summed E-state index contributed by atoms with van der Waals surface area (Å²) >= 11 is 0. The van der Waals surface area contributed by atoms with Gasteiger partial charge in [0.05, 0.1) is 28.4 Å². The van der Waals surface area contributed by atoms with Crippen LogP contribution in [0, 0.1) is 0 Å². The molecule has 2 fully saturated rings. The second-order valence-electron chi connectivity index (χ2n) is 16.1. The predicted octanol–water partition coefficient (Wildman–Crippen LogP) is 8.91. The van der Waals surface area contributed by atoms with Crippen LogP contribution >= 0.6 is 0 Å². The van der Waals surface area contributed by atoms with Crippen molar-refractivity contribution in [2.24, 2.45) is 0 Å². The van der Waals surface area contributed by atoms with E-state index in [9.17, 15) is 24.0 Å². The third kappa shape index (κ3) is 12.1. The summed E-state index contributed by atoms with van der Waals surface area (Å²) in [7, 11) is 0. The highest BCUT2D eigenvalue weighted by molar-refractivity contribution is 5.91. The summed E-state index contributed by atoms with van der Waals surface area (Å²) in [5, 5.41) is 0. The molecule has 0 bridgehead atoms. The van der Waals surface area contributed by atoms with Crippen LogP contribution in [0.5, 0.6) is 11.5 Å². The van der Waals surface area contributed by atoms with Crippen molar-refractivity contribution in [2.75, 3.05) is 0 Å². The van der Waals surface area contributed by atoms with Gasteiger partial charge in [0.2, 0.25) is 12.4 Å². The molecule has 8 rings (SSSR count). The lowest BCUT2D eigenvalue weighted by atomic mass is 9.94. The minimum absolute atomic E-state index is 0.0962. The maximum absolute atomic E-state index is 14.2. The molecule has 6 aromatic carbocycles. The lowest BCUT2D eigenvalue weighted by Gasteiger charge is -2.45. The number of carbonyl (C=O) groups is 5. The number of carbonyl (C=O) groups excluding carboxylic acids is 5. The van der Waals surface area contributed by atoms with Crippen LogP contribution in [-0.4, -0.2) is 72.8 Å². The Morgan fingerprint density at radius 1 is 0.552 bits per heavy atom. The Morgan fingerprint density at radius 3 is 1.54 bits per heavy atom. The smallest absolute Gasteiger partial charge is 0.338 e. The molecule has 67 heavy (non-hydrogen) atoms. The van der Waals surface area contributed by atoms with Crippen LogP contribution in [0.1, 0.15) is 84.8 Å². The van der Waals surface area contributed by atoms with E-state index in [1.807, 2.05) is 30.3 Å². The Kier molecular flexibility index (Phi) is 14.7. The fourth-order valence-corrected chi connectivity index (χ4v) is 7.42. The van der Waals surface area contributed by atoms with Crippen LogP contribution in [0.3, 0.4) is 0 Å². The van der Waals surface area contributed by atoms with Gasteiger partial charge in [0, 0.05) is 13.3 Å². The van der Waals surface area contributed by atoms with Crippen LogP contribution in [0.4, 0.5) is 0 Å². The molecule has 342 valence electrons. The van der Waals surface area contributed by atoms with Gasteiger partial charge in [-0.15, -0.1) is 0 Å². The molecule has 13 heteroatoms. The van der Waals surface area contributed by atoms with E-state index in [1.54, 1.807) is 140 Å². The van der Waals surface area contributed by atoms with E-state index in [1.165, 1.54) is 6.92 Å². The molecule has 6 aromatic rings. The van der Waals surface area contributed by atoms with Crippen molar-refractivity contribution in [1.82, 2.24) is 0 Å². The molecule has 0 aromatic heterocycles. The fourth-order valence-electron chi connectivity index (χ4n) is 7.42. The normalized spacial score (nSPS) is 19.2. The van der Waals surface area contributed by atoms with Crippen molar-refractivity contribution in [2.45, 2.75) is 82.6 Å². The second kappa shape index (κ2) is 21.5. The van der Waals surface area contributed by atoms with Gasteiger partial charge in [0.15, 0.2) is 12.2 Å². The predicted molar refractivity (Wildman–Crippen MR) is 242 cm³/mol. The molecule has 0 radical (unpaired) electrons. The number of ether oxygens (including phenoxy) is 8. The lowest BCUT2D eigenvalue weighted by molar-refractivity contribution is -0.284. The summed E-state index contributed by atoms with van der Waals surface area (Å²) in [4.78, 5) is 68.1. The highest BCUT2D eigenvalue weighted by atomic mass is 16.7. The molecule has 6 atom stereocenters. The summed E-state index contributed by atoms with van der Waals surface area (Å²) in [6.45, 7) is 2.74. The largest absolute Gasteiger partial charge is 0.490 e. The minimum Gasteiger partial charge on any atom is -0.490 e. The Hall–Kier alpha value is -7.77. The summed E-state index contributed by atoms with van der Waals surface area (Å²) in [6, 6.07) is 45.6. The molecule has 1 heterocycles. The van der Waals surface area contributed by atoms with Crippen LogP contribution in [0.25, 0.3) is 0 Å². The maximum atomic E-state index is 14.2. The summed E-state index contributed by atoms with van der Waals surface area (Å²) in [5.41, 5.74) is 2.78. The van der Waals surface area contributed by atoms with Crippen molar-refractivity contribution < 1.29 is 61.9 Å². The molecule has 0 N–H and O–H groups in total. The number of esters is 5. The van der Waals surface area contributed by atoms with Gasteiger partial charge in [-0.25, -0.2) is 19.2 Å². The first-order valence-corrected chi connectivity index (χ1v) is 21.9. The van der Waals surface area contributed by atoms with Gasteiger partial charge in [0.25, 0.3) is 0 Å². The zero-order valence-electron chi connectivity index (χ0n) is 36.8. The van der Waals surface area contributed by atoms with Gasteiger partial charge >= 0.3 is 29.8 Å². The standard InChI is InChI=1S/C54H48O13/c1-34(61-50(56)38-15-7-3-8-16-38)46-47(64-51(57)39-17-9-4-10-18-39)48(65-52(58)40-19-11-5-12-20-40)49(66-53(59)41-21-13-6-14-22-41)54(67-46)63-45-32-37(33-60-35(2)55)23-26-42(45)31-36-24-27-43(28-25-36)62-44-29-30-44/h3-28,32,34,44,46-49,54H,29-31,33H2,1-2H3/t34-,46-,47-,48+,49-,54-/m1/s1. The monoisotopic (exact) mass is 904 g/mol. The zero-order valence-corrected chi connectivity index (χ0v) is 36.8. The topological polar surface area (TPSA) is 159 Å². The Balaban J connectivity index is 1.23. The van der Waals surface area contributed by atoms with Crippen molar-refractivity contribution >= 4 is 29.8 Å². The van der Waals surface area contributed by atoms with E-state index in [2.05, 4.69) is 0 Å². The van der Waals surface area contributed by atoms with Gasteiger partial charge in [0.1, 0.15) is 30.3 Å². The molecule has 2 aliphatic rings. The van der Waals surface area contributed by atoms with Crippen LogP contribution in [-0.2, 0) is 46.2 Å². The van der Waals surface area contributed by atoms with Crippen molar-refractivity contribution in [1.29, 1.82) is 0 Å². The van der Waals surface area contributed by atoms with E-state index in [-0.39, 0.29) is 40.7 Å². The molecule has 13 nitrogen and oxygen atoms in total. The Morgan fingerprint density at radius 2 is 1.03 bits per heavy atom. The number of hydrogen-bond donors (Lipinski definition) is 0. The van der Waals surface area contributed by atoms with Crippen molar-refractivity contribution in [3.05, 3.63) is 203 Å². The van der Waals surface area contributed by atoms with Crippen molar-refractivity contribution in [3.8, 4) is 11.5 Å². The molecule has 1 aliphatic heterocycles. The quantitative estimate of drug-likeness (QED) is 0.0632. The first-order valence-electron chi connectivity index (χ1n) is 21.9. The number of benzene rings is 6. The van der Waals surface area contributed by atoms with Crippen LogP contribution in [0.15, 0.2) is 164 Å². The lowest BCUT2D eigenvalue weighted by Crippen LogP contribution is -2.65. The summed E-state index contributed by atoms with van der Waals surface area (Å²) in [5.74, 6) is -2.74. The molecule has 0 amide bonds. The molecule has 1 saturated heterocycles. The number of hydrogen-bond acceptors (Lipinski definition) is 13. The molecular formula is C54H48O13. The molecule has 0 spiro atoms. The Bertz CT molecular complexity index is 2640. The molecule has 0 unspecified atom stereocenters. The second-order valence-corrected chi connectivity index (χ2v) is 16.1.